The SMILES string of the molecule is CCCC(c1coc2c(CO)c(O)c(CC(C)C)cc12)[C@H]1CC(O)C2(OC2CC)[C@H](O)O1. The van der Waals surface area contributed by atoms with Gasteiger partial charge < -0.3 is 34.3 Å². The molecule has 1 aromatic carbocycles. The highest BCUT2D eigenvalue weighted by atomic mass is 16.7. The molecule has 2 aliphatic rings. The minimum absolute atomic E-state index is 0.0832. The average molecular weight is 449 g/mol. The van der Waals surface area contributed by atoms with Gasteiger partial charge in [0.1, 0.15) is 11.3 Å². The second-order valence-corrected chi connectivity index (χ2v) is 9.73. The van der Waals surface area contributed by atoms with Gasteiger partial charge in [0, 0.05) is 23.3 Å². The fourth-order valence-corrected chi connectivity index (χ4v) is 5.47. The quantitative estimate of drug-likeness (QED) is 0.455. The topological polar surface area (TPSA) is 116 Å². The van der Waals surface area contributed by atoms with Crippen LogP contribution in [0.5, 0.6) is 5.75 Å². The molecule has 0 aliphatic carbocycles. The Morgan fingerprint density at radius 3 is 2.53 bits per heavy atom. The van der Waals surface area contributed by atoms with Crippen molar-refractivity contribution in [2.75, 3.05) is 0 Å². The normalized spacial score (nSPS) is 31.0. The zero-order valence-electron chi connectivity index (χ0n) is 19.4. The molecule has 3 heterocycles. The Morgan fingerprint density at radius 2 is 1.97 bits per heavy atom. The van der Waals surface area contributed by atoms with E-state index in [1.54, 1.807) is 6.26 Å². The summed E-state index contributed by atoms with van der Waals surface area (Å²) in [6.07, 6.45) is 2.46. The van der Waals surface area contributed by atoms with Crippen molar-refractivity contribution >= 4 is 11.0 Å². The molecular formula is C25H36O7. The number of aliphatic hydroxyl groups excluding tert-OH is 3. The second kappa shape index (κ2) is 8.95. The fraction of sp³-hybridized carbons (Fsp3) is 0.680. The molecule has 2 saturated heterocycles. The second-order valence-electron chi connectivity index (χ2n) is 9.73. The maximum Gasteiger partial charge on any atom is 0.189 e. The van der Waals surface area contributed by atoms with E-state index in [1.165, 1.54) is 0 Å². The maximum atomic E-state index is 10.9. The van der Waals surface area contributed by atoms with Gasteiger partial charge >= 0.3 is 0 Å². The number of hydrogen-bond donors (Lipinski definition) is 4. The molecule has 6 atom stereocenters. The predicted octanol–water partition coefficient (Wildman–Crippen LogP) is 3.73. The summed E-state index contributed by atoms with van der Waals surface area (Å²) in [7, 11) is 0. The van der Waals surface area contributed by atoms with Crippen LogP contribution in [0.3, 0.4) is 0 Å². The maximum absolute atomic E-state index is 10.9. The molecule has 0 amide bonds. The number of furan rings is 1. The Kier molecular flexibility index (Phi) is 6.58. The average Bonchev–Trinajstić information content (AvgIpc) is 3.36. The van der Waals surface area contributed by atoms with Crippen LogP contribution in [-0.2, 0) is 22.5 Å². The van der Waals surface area contributed by atoms with Crippen molar-refractivity contribution in [1.82, 2.24) is 0 Å². The van der Waals surface area contributed by atoms with Crippen LogP contribution in [0.4, 0.5) is 0 Å². The summed E-state index contributed by atoms with van der Waals surface area (Å²) in [6.45, 7) is 7.88. The van der Waals surface area contributed by atoms with Crippen molar-refractivity contribution in [3.8, 4) is 5.75 Å². The molecule has 7 heteroatoms. The molecule has 1 aromatic heterocycles. The van der Waals surface area contributed by atoms with Crippen molar-refractivity contribution in [3.05, 3.63) is 29.0 Å². The highest BCUT2D eigenvalue weighted by Gasteiger charge is 2.68. The van der Waals surface area contributed by atoms with Crippen molar-refractivity contribution in [3.63, 3.8) is 0 Å². The van der Waals surface area contributed by atoms with E-state index in [1.807, 2.05) is 13.0 Å². The summed E-state index contributed by atoms with van der Waals surface area (Å²) in [6, 6.07) is 1.94. The molecule has 4 rings (SSSR count). The molecule has 178 valence electrons. The van der Waals surface area contributed by atoms with Crippen LogP contribution in [0.15, 0.2) is 16.7 Å². The van der Waals surface area contributed by atoms with Gasteiger partial charge in [0.25, 0.3) is 0 Å². The molecule has 4 unspecified atom stereocenters. The highest BCUT2D eigenvalue weighted by molar-refractivity contribution is 5.87. The number of fused-ring (bicyclic) bond motifs is 1. The number of aromatic hydroxyl groups is 1. The molecule has 2 aliphatic heterocycles. The zero-order valence-corrected chi connectivity index (χ0v) is 19.4. The molecule has 2 aromatic rings. The third kappa shape index (κ3) is 3.74. The van der Waals surface area contributed by atoms with Crippen LogP contribution in [0, 0.1) is 5.92 Å². The smallest absolute Gasteiger partial charge is 0.189 e. The number of hydrogen-bond acceptors (Lipinski definition) is 7. The fourth-order valence-electron chi connectivity index (χ4n) is 5.47. The summed E-state index contributed by atoms with van der Waals surface area (Å²) >= 11 is 0. The van der Waals surface area contributed by atoms with E-state index in [4.69, 9.17) is 13.9 Å². The Balaban J connectivity index is 1.72. The van der Waals surface area contributed by atoms with Gasteiger partial charge in [-0.2, -0.15) is 0 Å². The van der Waals surface area contributed by atoms with E-state index in [2.05, 4.69) is 20.8 Å². The Labute approximate surface area is 189 Å². The van der Waals surface area contributed by atoms with Crippen LogP contribution in [0.1, 0.15) is 76.0 Å². The minimum atomic E-state index is -1.19. The van der Waals surface area contributed by atoms with Crippen LogP contribution in [-0.4, -0.2) is 50.6 Å². The first kappa shape index (κ1) is 23.5. The monoisotopic (exact) mass is 448 g/mol. The summed E-state index contributed by atoms with van der Waals surface area (Å²) in [5, 5.41) is 43.1. The van der Waals surface area contributed by atoms with Gasteiger partial charge in [-0.3, -0.25) is 0 Å². The van der Waals surface area contributed by atoms with Gasteiger partial charge in [-0.1, -0.05) is 34.1 Å². The zero-order chi connectivity index (χ0) is 23.2. The van der Waals surface area contributed by atoms with E-state index >= 15 is 0 Å². The van der Waals surface area contributed by atoms with Crippen LogP contribution in [0.2, 0.25) is 0 Å². The van der Waals surface area contributed by atoms with Crippen molar-refractivity contribution in [2.24, 2.45) is 5.92 Å². The van der Waals surface area contributed by atoms with Gasteiger partial charge in [0.05, 0.1) is 36.7 Å². The molecule has 4 N–H and O–H groups in total. The lowest BCUT2D eigenvalue weighted by Gasteiger charge is -2.39. The lowest BCUT2D eigenvalue weighted by atomic mass is 9.80. The van der Waals surface area contributed by atoms with E-state index in [9.17, 15) is 20.4 Å². The predicted molar refractivity (Wildman–Crippen MR) is 119 cm³/mol. The van der Waals surface area contributed by atoms with Crippen molar-refractivity contribution in [1.29, 1.82) is 0 Å². The molecule has 7 nitrogen and oxygen atoms in total. The van der Waals surface area contributed by atoms with Crippen LogP contribution >= 0.6 is 0 Å². The first-order chi connectivity index (χ1) is 15.3. The molecular weight excluding hydrogens is 412 g/mol. The third-order valence-electron chi connectivity index (χ3n) is 7.11. The van der Waals surface area contributed by atoms with Gasteiger partial charge in [-0.15, -0.1) is 0 Å². The first-order valence-electron chi connectivity index (χ1n) is 11.8. The summed E-state index contributed by atoms with van der Waals surface area (Å²) in [4.78, 5) is 0. The van der Waals surface area contributed by atoms with Gasteiger partial charge in [0.2, 0.25) is 0 Å². The third-order valence-corrected chi connectivity index (χ3v) is 7.11. The Hall–Kier alpha value is -1.64. The van der Waals surface area contributed by atoms with Gasteiger partial charge in [0.15, 0.2) is 11.9 Å². The van der Waals surface area contributed by atoms with Crippen molar-refractivity contribution in [2.45, 2.75) is 103 Å². The minimum Gasteiger partial charge on any atom is -0.507 e. The number of phenols is 1. The lowest BCUT2D eigenvalue weighted by molar-refractivity contribution is -0.236. The van der Waals surface area contributed by atoms with Gasteiger partial charge in [-0.05, 0) is 36.8 Å². The summed E-state index contributed by atoms with van der Waals surface area (Å²) < 4.78 is 17.6. The number of benzene rings is 1. The molecule has 1 spiro atoms. The van der Waals surface area contributed by atoms with E-state index < -0.39 is 24.1 Å². The van der Waals surface area contributed by atoms with E-state index in [0.29, 0.717) is 36.3 Å². The van der Waals surface area contributed by atoms with E-state index in [-0.39, 0.29) is 24.4 Å². The number of aliphatic hydroxyl groups is 3. The molecule has 0 saturated carbocycles. The molecule has 0 radical (unpaired) electrons. The van der Waals surface area contributed by atoms with Gasteiger partial charge in [-0.25, -0.2) is 0 Å². The summed E-state index contributed by atoms with van der Waals surface area (Å²) in [5.74, 6) is 0.296. The largest absolute Gasteiger partial charge is 0.507 e. The number of rotatable bonds is 8. The van der Waals surface area contributed by atoms with Crippen molar-refractivity contribution < 1.29 is 34.3 Å². The number of ether oxygens (including phenoxy) is 2. The molecule has 2 fully saturated rings. The Morgan fingerprint density at radius 1 is 1.22 bits per heavy atom. The summed E-state index contributed by atoms with van der Waals surface area (Å²) in [5.41, 5.74) is 1.53. The van der Waals surface area contributed by atoms with Crippen LogP contribution < -0.4 is 0 Å². The Bertz CT molecular complexity index is 937. The van der Waals surface area contributed by atoms with E-state index in [0.717, 1.165) is 29.4 Å². The highest BCUT2D eigenvalue weighted by Crippen LogP contribution is 2.51. The molecule has 0 bridgehead atoms. The molecule has 32 heavy (non-hydrogen) atoms. The lowest BCUT2D eigenvalue weighted by Crippen LogP contribution is -2.53. The van der Waals surface area contributed by atoms with Crippen LogP contribution in [0.25, 0.3) is 11.0 Å². The number of epoxide rings is 1. The standard InChI is InChI=1S/C25H36O7/c1-5-7-15(19-10-20(27)25(24(29)31-19)21(6-2)32-25)18-12-30-23-16(18)9-14(8-13(3)4)22(28)17(23)11-26/h9,12-13,15,19-21,24,26-29H,5-8,10-11H2,1-4H3/t15?,19-,20?,21?,24-,25?/m1/s1. The first-order valence-corrected chi connectivity index (χ1v) is 11.8.